The van der Waals surface area contributed by atoms with E-state index in [9.17, 15) is 72.9 Å². The Morgan fingerprint density at radius 2 is 1.26 bits per heavy atom. The number of carbonyl (C=O) groups is 13. The molecule has 11 amide bonds. The number of rotatable bonds is 26. The highest BCUT2D eigenvalue weighted by atomic mass is 16.6. The van der Waals surface area contributed by atoms with Crippen molar-refractivity contribution in [2.45, 2.75) is 200 Å². The van der Waals surface area contributed by atoms with Crippen molar-refractivity contribution in [1.82, 2.24) is 53.2 Å². The van der Waals surface area contributed by atoms with Crippen LogP contribution in [0.3, 0.4) is 0 Å². The van der Waals surface area contributed by atoms with E-state index < -0.39 is 187 Å². The summed E-state index contributed by atoms with van der Waals surface area (Å²) in [5.74, 6) is -18.6. The summed E-state index contributed by atoms with van der Waals surface area (Å²) in [5, 5.41) is 58.2. The second-order valence-corrected chi connectivity index (χ2v) is 26.1. The van der Waals surface area contributed by atoms with E-state index in [0.29, 0.717) is 0 Å². The third kappa shape index (κ3) is 26.9. The molecule has 0 aliphatic carbocycles. The number of nitrogens with one attached hydrogen (secondary N) is 10. The van der Waals surface area contributed by atoms with Crippen molar-refractivity contribution in [3.05, 3.63) is 65.7 Å². The Balaban J connectivity index is 2.49. The number of esters is 2. The molecule has 3 rings (SSSR count). The lowest BCUT2D eigenvalue weighted by Gasteiger charge is -2.34. The summed E-state index contributed by atoms with van der Waals surface area (Å²) in [7, 11) is 1.28. The largest absolute Gasteiger partial charge is 0.497 e. The molecule has 0 radical (unpaired) electrons. The van der Waals surface area contributed by atoms with Crippen molar-refractivity contribution >= 4 is 82.9 Å². The average molecular weight is 1410 g/mol. The van der Waals surface area contributed by atoms with Crippen LogP contribution in [0.2, 0.25) is 0 Å². The van der Waals surface area contributed by atoms with Gasteiger partial charge in [0.25, 0.3) is 5.91 Å². The first-order chi connectivity index (χ1) is 46.9. The molecule has 1 unspecified atom stereocenters. The van der Waals surface area contributed by atoms with Gasteiger partial charge < -0.3 is 106 Å². The van der Waals surface area contributed by atoms with Crippen molar-refractivity contribution in [1.29, 1.82) is 0 Å². The van der Waals surface area contributed by atoms with Crippen LogP contribution < -0.4 is 80.8 Å². The van der Waals surface area contributed by atoms with Gasteiger partial charge in [0, 0.05) is 6.54 Å². The third-order valence-corrected chi connectivity index (χ3v) is 16.1. The zero-order valence-corrected chi connectivity index (χ0v) is 58.7. The Kier molecular flexibility index (Phi) is 34.8. The molecule has 34 heteroatoms. The van der Waals surface area contributed by atoms with Gasteiger partial charge in [0.15, 0.2) is 24.1 Å². The van der Waals surface area contributed by atoms with Crippen LogP contribution in [0.4, 0.5) is 0 Å². The Labute approximate surface area is 581 Å². The molecule has 1 saturated heterocycles. The maximum absolute atomic E-state index is 15.6. The normalized spacial score (nSPS) is 23.6. The molecule has 0 aromatic heterocycles. The van der Waals surface area contributed by atoms with Crippen molar-refractivity contribution in [2.24, 2.45) is 57.5 Å². The molecule has 2 aromatic rings. The number of methoxy groups -OCH3 is 1. The summed E-state index contributed by atoms with van der Waals surface area (Å²) in [6.07, 6.45) is -7.84. The van der Waals surface area contributed by atoms with Gasteiger partial charge in [0.2, 0.25) is 65.2 Å². The summed E-state index contributed by atoms with van der Waals surface area (Å²) < 4.78 is 16.7. The zero-order valence-electron chi connectivity index (χ0n) is 58.7. The molecular formula is C66H103N15O19. The van der Waals surface area contributed by atoms with Gasteiger partial charge in [0.1, 0.15) is 48.0 Å². The average Bonchev–Trinajstić information content (AvgIpc) is 0.821. The van der Waals surface area contributed by atoms with E-state index in [1.807, 2.05) is 27.7 Å². The van der Waals surface area contributed by atoms with Crippen LogP contribution >= 0.6 is 0 Å². The number of aliphatic imine (C=N–C) groups is 1. The van der Waals surface area contributed by atoms with Gasteiger partial charge in [-0.3, -0.25) is 57.7 Å². The Morgan fingerprint density at radius 1 is 0.670 bits per heavy atom. The monoisotopic (exact) mass is 1410 g/mol. The molecular weight excluding hydrogens is 1310 g/mol. The quantitative estimate of drug-likeness (QED) is 0.0188. The highest BCUT2D eigenvalue weighted by molar-refractivity contribution is 6.01. The number of hydrogen-bond acceptors (Lipinski definition) is 21. The van der Waals surface area contributed by atoms with E-state index in [1.165, 1.54) is 68.6 Å². The fraction of sp³-hybridized carbons (Fsp3) is 0.606. The van der Waals surface area contributed by atoms with Gasteiger partial charge in [-0.2, -0.15) is 0 Å². The van der Waals surface area contributed by atoms with Gasteiger partial charge >= 0.3 is 11.9 Å². The van der Waals surface area contributed by atoms with E-state index in [1.54, 1.807) is 34.6 Å². The fourth-order valence-electron chi connectivity index (χ4n) is 10.6. The van der Waals surface area contributed by atoms with E-state index in [4.69, 9.17) is 37.1 Å². The first-order valence-electron chi connectivity index (χ1n) is 33.1. The maximum Gasteiger partial charge on any atom is 0.339 e. The number of cyclic esters (lactones) is 1. The summed E-state index contributed by atoms with van der Waals surface area (Å²) >= 11 is 0. The standard InChI is InChI=1S/C66H103N15O19/c1-13-34(8)46-60(92)79-47(37(11)83)59(91)72-29-45(84)77-50(53(54(68)86)100-64(96)39-21-17-22-40(28-39)98-12)62(94)76-44(30-82)65(97)99-52(38-19-15-14-16-20-38)49(81-58(90)43(27-33(6)7)75-56(88)41(67)26-32(4)5)63(95)80-48(51(85)35(9)25-31(2)3)61(93)73-36(10)55(87)74-42(57(89)78-46)23-18-24-71-66(69)70/h14-17,19-22,28,31-37,41-44,46-53,82-83,85H,13,18,23-27,29-30,67H2,1-12H3,(H2,68,86)(H,72,91)(H,73,93)(H,74,87)(H,75,88)(H,76,94)(H,77,84)(H,78,89)(H,79,92)(H,80,95)(H,81,90)(H4,69,70,71)/t34-,35?,36-,37-,41+,42+,43-,44-,46-,47-,48-,49-,50-,51+,52+,53-/m0/s1. The predicted molar refractivity (Wildman–Crippen MR) is 362 cm³/mol. The van der Waals surface area contributed by atoms with Crippen LogP contribution in [0.1, 0.15) is 137 Å². The first kappa shape index (κ1) is 84.7. The van der Waals surface area contributed by atoms with Gasteiger partial charge in [-0.05, 0) is 99.3 Å². The number of primary amides is 1. The molecule has 2 aromatic carbocycles. The van der Waals surface area contributed by atoms with Crippen LogP contribution in [0.5, 0.6) is 5.75 Å². The number of amides is 11. The minimum absolute atomic E-state index is 0.0279. The summed E-state index contributed by atoms with van der Waals surface area (Å²) in [4.78, 5) is 191. The highest BCUT2D eigenvalue weighted by Crippen LogP contribution is 2.26. The summed E-state index contributed by atoms with van der Waals surface area (Å²) in [6, 6.07) is -6.05. The van der Waals surface area contributed by atoms with Crippen molar-refractivity contribution in [2.75, 3.05) is 26.8 Å². The van der Waals surface area contributed by atoms with Gasteiger partial charge in [-0.1, -0.05) is 105 Å². The van der Waals surface area contributed by atoms with Gasteiger partial charge in [-0.15, -0.1) is 0 Å². The van der Waals surface area contributed by atoms with Crippen LogP contribution in [0.15, 0.2) is 59.6 Å². The highest BCUT2D eigenvalue weighted by Gasteiger charge is 2.45. The molecule has 1 heterocycles. The minimum atomic E-state index is -2.51. The molecule has 21 N–H and O–H groups in total. The molecule has 0 bridgehead atoms. The molecule has 556 valence electrons. The fourth-order valence-corrected chi connectivity index (χ4v) is 10.6. The Bertz CT molecular complexity index is 3170. The topological polar surface area (TPSA) is 547 Å². The molecule has 0 spiro atoms. The molecule has 1 fully saturated rings. The van der Waals surface area contributed by atoms with E-state index >= 15 is 4.79 Å². The van der Waals surface area contributed by atoms with Crippen molar-refractivity contribution in [3.8, 4) is 5.75 Å². The number of ether oxygens (including phenoxy) is 3. The molecule has 100 heavy (non-hydrogen) atoms. The second-order valence-electron chi connectivity index (χ2n) is 26.1. The van der Waals surface area contributed by atoms with Gasteiger partial charge in [-0.25, -0.2) is 9.59 Å². The predicted octanol–water partition coefficient (Wildman–Crippen LogP) is -3.56. The lowest BCUT2D eigenvalue weighted by Crippen LogP contribution is -2.64. The number of aliphatic hydroxyl groups is 3. The minimum Gasteiger partial charge on any atom is -0.497 e. The van der Waals surface area contributed by atoms with E-state index in [-0.39, 0.29) is 85.7 Å². The van der Waals surface area contributed by atoms with Crippen LogP contribution in [0, 0.1) is 29.6 Å². The van der Waals surface area contributed by atoms with Gasteiger partial charge in [0.05, 0.1) is 44.1 Å². The second kappa shape index (κ2) is 41.1. The summed E-state index contributed by atoms with van der Waals surface area (Å²) in [5.41, 5.74) is 22.8. The number of carbonyl (C=O) groups excluding carboxylic acids is 13. The van der Waals surface area contributed by atoms with E-state index in [2.05, 4.69) is 58.2 Å². The molecule has 16 atom stereocenters. The number of guanidine groups is 1. The van der Waals surface area contributed by atoms with Crippen molar-refractivity contribution in [3.63, 3.8) is 0 Å². The lowest BCUT2D eigenvalue weighted by atomic mass is 9.89. The number of benzene rings is 2. The zero-order chi connectivity index (χ0) is 75.4. The molecule has 34 nitrogen and oxygen atoms in total. The SMILES string of the molecule is CC[C@H](C)[C@@H]1NC(=O)[C@@H](CCCN=C(N)N)NC(=O)[C@H](C)NC(=O)[C@H]([C@H](O)C(C)CC(C)C)NC(=O)[C@@H](NC(=O)[C@H](CC(C)C)NC(=O)[C@H](N)CC(C)C)[C@@H](c2ccccc2)OC(=O)[C@H](CO)NC(=O)[C@H]([C@H](OC(=O)c2cccc(OC)c2)C(N)=O)NC(=O)CNC(=O)[C@H]([C@H](C)O)NC1=O. The molecule has 1 aliphatic heterocycles. The molecule has 1 aliphatic rings. The van der Waals surface area contributed by atoms with Crippen LogP contribution in [0.25, 0.3) is 0 Å². The lowest BCUT2D eigenvalue weighted by molar-refractivity contribution is -0.159. The van der Waals surface area contributed by atoms with E-state index in [0.717, 1.165) is 6.92 Å². The van der Waals surface area contributed by atoms with Crippen molar-refractivity contribution < 1.29 is 91.9 Å². The maximum atomic E-state index is 15.6. The summed E-state index contributed by atoms with van der Waals surface area (Å²) in [6.45, 7) is 15.2. The van der Waals surface area contributed by atoms with Crippen LogP contribution in [-0.2, 0) is 67.0 Å². The van der Waals surface area contributed by atoms with Crippen LogP contribution in [-0.4, -0.2) is 204 Å². The Hall–Kier alpha value is -9.54. The Morgan fingerprint density at radius 3 is 1.83 bits per heavy atom. The number of nitrogens with zero attached hydrogens (tertiary/aromatic N) is 1. The number of hydrogen-bond donors (Lipinski definition) is 17. The number of nitrogens with two attached hydrogens (primary N) is 4. The molecule has 0 saturated carbocycles. The smallest absolute Gasteiger partial charge is 0.339 e. The number of aliphatic hydroxyl groups excluding tert-OH is 3. The third-order valence-electron chi connectivity index (χ3n) is 16.1. The first-order valence-corrected chi connectivity index (χ1v) is 33.1.